The Morgan fingerprint density at radius 1 is 0.342 bits per heavy atom. The summed E-state index contributed by atoms with van der Waals surface area (Å²) < 4.78 is 48.1. The third-order valence-electron chi connectivity index (χ3n) is 32.2. The second kappa shape index (κ2) is 37.1. The van der Waals surface area contributed by atoms with Crippen LogP contribution in [0, 0.1) is 0 Å². The van der Waals surface area contributed by atoms with Crippen molar-refractivity contribution in [3.63, 3.8) is 0 Å². The summed E-state index contributed by atoms with van der Waals surface area (Å²) in [6.45, 7) is 41.3. The van der Waals surface area contributed by atoms with E-state index >= 15 is 0 Å². The summed E-state index contributed by atoms with van der Waals surface area (Å²) in [5.41, 5.74) is 20.1. The Balaban J connectivity index is 0.0000000978. The predicted molar refractivity (Wildman–Crippen MR) is 562 cm³/mol. The van der Waals surface area contributed by atoms with Crippen LogP contribution in [-0.4, -0.2) is 273 Å². The summed E-state index contributed by atoms with van der Waals surface area (Å²) in [5.74, 6) is 9.33. The van der Waals surface area contributed by atoms with Crippen LogP contribution in [0.2, 0.25) is 0 Å². The third-order valence-corrected chi connectivity index (χ3v) is 32.2. The van der Waals surface area contributed by atoms with Crippen molar-refractivity contribution in [2.24, 2.45) is 25.0 Å². The highest BCUT2D eigenvalue weighted by molar-refractivity contribution is 6.17. The van der Waals surface area contributed by atoms with E-state index in [-0.39, 0.29) is 56.9 Å². The van der Waals surface area contributed by atoms with Crippen molar-refractivity contribution in [2.45, 2.75) is 274 Å². The quantitative estimate of drug-likeness (QED) is 0.0684. The zero-order valence-electron chi connectivity index (χ0n) is 86.4. The van der Waals surface area contributed by atoms with Gasteiger partial charge in [-0.3, -0.25) is 39.7 Å². The smallest absolute Gasteiger partial charge is 0.410 e. The standard InChI is InChI=1S/C24H29N5O.C24H30N4O2.C22H23N5O3.C22H25N5O.C22H26N4O2/c1-16-21-4-3-9-28(21)10-11-29(16)22-13-20(26-15-27-22)23-19-12-18(30-24(2)7-8-24)6-5-17(19)14-25-23;1-22(2)13-28(14-23(3,4)30-22)20-11-19(26-15-27-20)21-18-10-17(29-24(5)8-9-24)7-6-16(18)12-25-21;1-22(4-5-22)30-16-3-2-14-10-23-20(17(14)8-16)18-9-19(25-13-24-18)26-6-7-27-15(11-26)12-29-21(27)28;1-22(5-6-22)28-17-4-3-14-10-23-21(18(14)8-17)19-9-20(25-13-24-19)27-12-15-7-16(27)11-26(15)2;1-21(2)13-26(8-9-27-21)19-11-18(24-14-25-19)20-17-10-16(28-22(3)6-7-22)5-4-15(17)12-23-20/h5-6,12-13,15-16,21H,3-4,7-11,14H2,1-2H3;6-7,10-11,15H,8-9,12-14H2,1-5H3;2-3,8-9,13,15H,4-7,10-12H2,1H3;3-4,8-9,13,15-16H,5-7,10-12H2,1-2H3;4-5,10-11,14H,6-9,12-13H2,1-3H3/t;;;15-,16-;/m...0./s1. The summed E-state index contributed by atoms with van der Waals surface area (Å²) in [5, 5.41) is 0. The molecule has 8 saturated heterocycles. The number of aromatic nitrogens is 10. The van der Waals surface area contributed by atoms with E-state index in [1.807, 2.05) is 18.2 Å². The Morgan fingerprint density at radius 2 is 0.699 bits per heavy atom. The highest BCUT2D eigenvalue weighted by atomic mass is 16.6. The molecule has 758 valence electrons. The summed E-state index contributed by atoms with van der Waals surface area (Å²) in [6.07, 6.45) is 23.1. The number of amides is 1. The molecule has 3 unspecified atom stereocenters. The molecular weight excluding hydrogens is 1840 g/mol. The van der Waals surface area contributed by atoms with E-state index in [1.54, 1.807) is 36.5 Å². The molecule has 13 aliphatic heterocycles. The number of nitrogens with zero attached hydrogens (tertiary/aromatic N) is 23. The highest BCUT2D eigenvalue weighted by Gasteiger charge is 2.49. The van der Waals surface area contributed by atoms with Gasteiger partial charge < -0.3 is 62.4 Å². The molecule has 5 aromatic carbocycles. The average Bonchev–Trinajstić information content (AvgIpc) is 1.53. The first kappa shape index (κ1) is 95.2. The van der Waals surface area contributed by atoms with Crippen LogP contribution >= 0.6 is 0 Å². The van der Waals surface area contributed by atoms with Crippen molar-refractivity contribution in [1.82, 2.24) is 64.5 Å². The fourth-order valence-corrected chi connectivity index (χ4v) is 22.9. The second-order valence-corrected chi connectivity index (χ2v) is 46.2. The molecular formula is C114H133N23O9. The zero-order chi connectivity index (χ0) is 100.0. The van der Waals surface area contributed by atoms with E-state index in [2.05, 4.69) is 277 Å². The molecule has 13 fully saturated rings. The maximum atomic E-state index is 11.7. The highest BCUT2D eigenvalue weighted by Crippen LogP contribution is 2.48. The van der Waals surface area contributed by atoms with E-state index in [4.69, 9.17) is 62.9 Å². The number of hydrogen-bond donors (Lipinski definition) is 0. The van der Waals surface area contributed by atoms with Gasteiger partial charge in [0.15, 0.2) is 0 Å². The minimum atomic E-state index is -0.241. The lowest BCUT2D eigenvalue weighted by atomic mass is 9.98. The Morgan fingerprint density at radius 3 is 1.07 bits per heavy atom. The number of likely N-dealkylation sites (N-methyl/N-ethyl adjacent to an activating group) is 1. The second-order valence-electron chi connectivity index (χ2n) is 46.2. The van der Waals surface area contributed by atoms with Crippen molar-refractivity contribution < 1.29 is 42.7 Å². The van der Waals surface area contributed by atoms with E-state index in [0.29, 0.717) is 83.2 Å². The Hall–Kier alpha value is -13.0. The predicted octanol–water partition coefficient (Wildman–Crippen LogP) is 16.0. The van der Waals surface area contributed by atoms with Crippen molar-refractivity contribution in [1.29, 1.82) is 0 Å². The van der Waals surface area contributed by atoms with Gasteiger partial charge in [0.2, 0.25) is 0 Å². The van der Waals surface area contributed by atoms with E-state index in [0.717, 1.165) is 266 Å². The number of carbonyl (C=O) groups excluding carboxylic acids is 1. The molecule has 0 radical (unpaired) electrons. The third kappa shape index (κ3) is 20.3. The molecule has 18 aliphatic rings. The lowest BCUT2D eigenvalue weighted by Crippen LogP contribution is -2.57. The van der Waals surface area contributed by atoms with E-state index in [9.17, 15) is 4.79 Å². The average molecular weight is 1970 g/mol. The number of piperazine rings is 3. The number of anilines is 5. The topological polar surface area (TPSA) is 308 Å². The molecule has 32 heteroatoms. The lowest BCUT2D eigenvalue weighted by molar-refractivity contribution is -0.133. The molecule has 5 aromatic heterocycles. The molecule has 32 nitrogen and oxygen atoms in total. The van der Waals surface area contributed by atoms with Gasteiger partial charge in [-0.1, -0.05) is 30.3 Å². The number of rotatable bonds is 20. The maximum Gasteiger partial charge on any atom is 0.410 e. The lowest BCUT2D eigenvalue weighted by Gasteiger charge is -2.47. The van der Waals surface area contributed by atoms with Crippen molar-refractivity contribution in [3.05, 3.63) is 237 Å². The van der Waals surface area contributed by atoms with Crippen LogP contribution in [0.1, 0.15) is 251 Å². The Kier molecular flexibility index (Phi) is 24.2. The number of morpholine rings is 2. The SMILES string of the molecule is CC1(C)CN(c2cc(C3=NCc4ccc(OC5(C)CC5)cc43)ncn2)CC(C)(C)O1.CC1(C)CN(c2cc(C3=NCc4ccc(OC5(C)CC5)cc43)ncn2)CCO1.CC1(Oc2ccc3c(c2)C(c2cc(N4CCN5C(=O)OCC5C4)ncn2)=NC3)CC1.CC1C2CCCN2CCN1c1cc(C2=NCc3ccc(OC4(C)CC4)cc32)ncn1.CN1C[C@@H]2C[C@H]1CN2c1cc(C2=NCc3ccc(OC4(C)CC4)cc32)ncn1. The van der Waals surface area contributed by atoms with Crippen molar-refractivity contribution in [3.8, 4) is 28.7 Å². The van der Waals surface area contributed by atoms with Crippen molar-refractivity contribution >= 4 is 63.7 Å². The normalized spacial score (nSPS) is 24.5. The van der Waals surface area contributed by atoms with Crippen LogP contribution in [0.4, 0.5) is 33.9 Å². The monoisotopic (exact) mass is 1970 g/mol. The number of carbonyl (C=O) groups is 1. The van der Waals surface area contributed by atoms with Gasteiger partial charge in [-0.25, -0.2) is 54.6 Å². The Labute approximate surface area is 854 Å². The van der Waals surface area contributed by atoms with E-state index < -0.39 is 0 Å². The molecule has 1 amide bonds. The van der Waals surface area contributed by atoms with Crippen molar-refractivity contribution in [2.75, 3.05) is 123 Å². The first-order valence-electron chi connectivity index (χ1n) is 52.7. The van der Waals surface area contributed by atoms with Crippen LogP contribution < -0.4 is 48.2 Å². The number of fused-ring (bicyclic) bond motifs is 9. The molecule has 28 rings (SSSR count). The van der Waals surface area contributed by atoms with Gasteiger partial charge >= 0.3 is 6.09 Å². The number of cyclic esters (lactones) is 1. The number of hydrogen-bond acceptors (Lipinski definition) is 31. The van der Waals surface area contributed by atoms with Crippen LogP contribution in [0.3, 0.4) is 0 Å². The number of likely N-dealkylation sites (tertiary alicyclic amines) is 1. The molecule has 146 heavy (non-hydrogen) atoms. The van der Waals surface area contributed by atoms with Crippen LogP contribution in [0.25, 0.3) is 0 Å². The van der Waals surface area contributed by atoms with Crippen LogP contribution in [0.5, 0.6) is 28.7 Å². The number of benzene rings is 5. The molecule has 5 atom stereocenters. The summed E-state index contributed by atoms with van der Waals surface area (Å²) >= 11 is 0. The summed E-state index contributed by atoms with van der Waals surface area (Å²) in [4.78, 5) is 99.8. The maximum absolute atomic E-state index is 11.7. The largest absolute Gasteiger partial charge is 0.488 e. The molecule has 0 N–H and O–H groups in total. The molecule has 18 heterocycles. The van der Waals surface area contributed by atoms with Gasteiger partial charge in [-0.2, -0.15) is 0 Å². The molecule has 5 aliphatic carbocycles. The van der Waals surface area contributed by atoms with Gasteiger partial charge in [0.25, 0.3) is 0 Å². The zero-order valence-corrected chi connectivity index (χ0v) is 86.4. The molecule has 5 saturated carbocycles. The van der Waals surface area contributed by atoms with Gasteiger partial charge in [0.1, 0.15) is 124 Å². The van der Waals surface area contributed by atoms with Crippen LogP contribution in [0.15, 0.2) is 178 Å². The fourth-order valence-electron chi connectivity index (χ4n) is 22.9. The minimum absolute atomic E-state index is 0.00216. The van der Waals surface area contributed by atoms with Gasteiger partial charge in [0, 0.05) is 154 Å². The first-order chi connectivity index (χ1) is 70.3. The molecule has 10 aromatic rings. The number of ether oxygens (including phenoxy) is 8. The number of aliphatic imine (C=N–C) groups is 5. The van der Waals surface area contributed by atoms with Gasteiger partial charge in [0.05, 0.1) is 119 Å². The van der Waals surface area contributed by atoms with Gasteiger partial charge in [-0.05, 0) is 269 Å². The molecule has 2 bridgehead atoms. The summed E-state index contributed by atoms with van der Waals surface area (Å²) in [6, 6.07) is 44.3. The Bertz CT molecular complexity index is 6900. The minimum Gasteiger partial charge on any atom is -0.488 e. The fraction of sp³-hybridized carbons (Fsp3) is 0.509. The summed E-state index contributed by atoms with van der Waals surface area (Å²) in [7, 11) is 2.22. The molecule has 0 spiro atoms. The van der Waals surface area contributed by atoms with Crippen LogP contribution in [-0.2, 0) is 46.9 Å². The van der Waals surface area contributed by atoms with E-state index in [1.165, 1.54) is 53.6 Å². The first-order valence-corrected chi connectivity index (χ1v) is 52.7. The van der Waals surface area contributed by atoms with Gasteiger partial charge in [-0.15, -0.1) is 0 Å².